The molecule has 2 aromatic rings. The van der Waals surface area contributed by atoms with Crippen LogP contribution < -0.4 is 10.2 Å². The van der Waals surface area contributed by atoms with E-state index in [0.29, 0.717) is 6.42 Å². The van der Waals surface area contributed by atoms with E-state index < -0.39 is 22.5 Å². The number of nitrogens with one attached hydrogen (secondary N) is 2. The monoisotopic (exact) mass is 334 g/mol. The summed E-state index contributed by atoms with van der Waals surface area (Å²) in [6.45, 7) is -0.480. The first-order valence-corrected chi connectivity index (χ1v) is 8.70. The highest BCUT2D eigenvalue weighted by Gasteiger charge is 2.12. The SMILES string of the molecule is O=C(CNS(=O)(=O)CCc1ccc(-c2ccccc2)cc1)NO. The molecule has 122 valence electrons. The lowest BCUT2D eigenvalue weighted by molar-refractivity contribution is -0.127. The fraction of sp³-hybridized carbons (Fsp3) is 0.188. The van der Waals surface area contributed by atoms with Gasteiger partial charge in [0.1, 0.15) is 0 Å². The Bertz CT molecular complexity index is 743. The van der Waals surface area contributed by atoms with Gasteiger partial charge in [-0.05, 0) is 23.1 Å². The standard InChI is InChI=1S/C16H18N2O4S/c19-16(18-20)12-17-23(21,22)11-10-13-6-8-15(9-7-13)14-4-2-1-3-5-14/h1-9,17,20H,10-12H2,(H,18,19). The van der Waals surface area contributed by atoms with Crippen molar-refractivity contribution in [1.82, 2.24) is 10.2 Å². The van der Waals surface area contributed by atoms with Crippen molar-refractivity contribution in [3.63, 3.8) is 0 Å². The summed E-state index contributed by atoms with van der Waals surface area (Å²) >= 11 is 0. The first-order chi connectivity index (χ1) is 11.0. The molecule has 0 unspecified atom stereocenters. The molecule has 0 saturated carbocycles. The van der Waals surface area contributed by atoms with E-state index >= 15 is 0 Å². The normalized spacial score (nSPS) is 11.2. The summed E-state index contributed by atoms with van der Waals surface area (Å²) in [4.78, 5) is 10.8. The minimum absolute atomic E-state index is 0.129. The van der Waals surface area contributed by atoms with E-state index in [1.807, 2.05) is 54.6 Å². The number of carbonyl (C=O) groups is 1. The fourth-order valence-electron chi connectivity index (χ4n) is 2.03. The van der Waals surface area contributed by atoms with Crippen molar-refractivity contribution >= 4 is 15.9 Å². The molecule has 0 atom stereocenters. The molecule has 23 heavy (non-hydrogen) atoms. The molecule has 0 radical (unpaired) electrons. The molecule has 0 heterocycles. The third-order valence-corrected chi connectivity index (χ3v) is 4.62. The summed E-state index contributed by atoms with van der Waals surface area (Å²) in [5.74, 6) is -0.933. The van der Waals surface area contributed by atoms with E-state index in [2.05, 4.69) is 4.72 Å². The molecular weight excluding hydrogens is 316 g/mol. The summed E-state index contributed by atoms with van der Waals surface area (Å²) in [6, 6.07) is 17.6. The van der Waals surface area contributed by atoms with E-state index in [-0.39, 0.29) is 5.75 Å². The van der Waals surface area contributed by atoms with Crippen LogP contribution in [0.25, 0.3) is 11.1 Å². The quantitative estimate of drug-likeness (QED) is 0.526. The Kier molecular flexibility index (Phi) is 5.86. The Morgan fingerprint density at radius 1 is 0.957 bits per heavy atom. The van der Waals surface area contributed by atoms with E-state index in [9.17, 15) is 13.2 Å². The first kappa shape index (κ1) is 17.1. The zero-order chi connectivity index (χ0) is 16.7. The average molecular weight is 334 g/mol. The largest absolute Gasteiger partial charge is 0.289 e. The van der Waals surface area contributed by atoms with Crippen molar-refractivity contribution in [3.05, 3.63) is 60.2 Å². The van der Waals surface area contributed by atoms with E-state index in [1.165, 1.54) is 5.48 Å². The van der Waals surface area contributed by atoms with Gasteiger partial charge in [-0.15, -0.1) is 0 Å². The maximum Gasteiger partial charge on any atom is 0.258 e. The number of sulfonamides is 1. The van der Waals surface area contributed by atoms with Crippen molar-refractivity contribution in [1.29, 1.82) is 0 Å². The van der Waals surface area contributed by atoms with Gasteiger partial charge in [-0.1, -0.05) is 54.6 Å². The maximum absolute atomic E-state index is 11.7. The second-order valence-electron chi connectivity index (χ2n) is 4.99. The van der Waals surface area contributed by atoms with Crippen molar-refractivity contribution in [3.8, 4) is 11.1 Å². The number of rotatable bonds is 7. The highest BCUT2D eigenvalue weighted by Crippen LogP contribution is 2.19. The van der Waals surface area contributed by atoms with Crippen LogP contribution in [0, 0.1) is 0 Å². The summed E-state index contributed by atoms with van der Waals surface area (Å²) in [6.07, 6.45) is 0.338. The summed E-state index contributed by atoms with van der Waals surface area (Å²) < 4.78 is 25.6. The molecule has 0 aliphatic carbocycles. The molecule has 6 nitrogen and oxygen atoms in total. The second-order valence-corrected chi connectivity index (χ2v) is 6.91. The van der Waals surface area contributed by atoms with Crippen LogP contribution in [-0.2, 0) is 21.2 Å². The van der Waals surface area contributed by atoms with Crippen LogP contribution in [0.3, 0.4) is 0 Å². The number of benzene rings is 2. The Morgan fingerprint density at radius 2 is 1.57 bits per heavy atom. The molecule has 0 aromatic heterocycles. The van der Waals surface area contributed by atoms with Crippen LogP contribution in [0.4, 0.5) is 0 Å². The van der Waals surface area contributed by atoms with Gasteiger partial charge in [-0.2, -0.15) is 0 Å². The predicted molar refractivity (Wildman–Crippen MR) is 87.3 cm³/mol. The Hall–Kier alpha value is -2.22. The lowest BCUT2D eigenvalue weighted by Gasteiger charge is -2.07. The maximum atomic E-state index is 11.7. The topological polar surface area (TPSA) is 95.5 Å². The first-order valence-electron chi connectivity index (χ1n) is 7.05. The van der Waals surface area contributed by atoms with Gasteiger partial charge in [0.05, 0.1) is 12.3 Å². The fourth-order valence-corrected chi connectivity index (χ4v) is 3.03. The van der Waals surface area contributed by atoms with E-state index in [4.69, 9.17) is 5.21 Å². The van der Waals surface area contributed by atoms with E-state index in [0.717, 1.165) is 16.7 Å². The van der Waals surface area contributed by atoms with Crippen LogP contribution in [0.15, 0.2) is 54.6 Å². The van der Waals surface area contributed by atoms with Crippen LogP contribution in [0.2, 0.25) is 0 Å². The third kappa shape index (κ3) is 5.48. The summed E-state index contributed by atoms with van der Waals surface area (Å²) in [7, 11) is -3.57. The predicted octanol–water partition coefficient (Wildman–Crippen LogP) is 1.32. The van der Waals surface area contributed by atoms with Crippen LogP contribution >= 0.6 is 0 Å². The highest BCUT2D eigenvalue weighted by atomic mass is 32.2. The van der Waals surface area contributed by atoms with E-state index in [1.54, 1.807) is 0 Å². The van der Waals surface area contributed by atoms with Crippen molar-refractivity contribution in [2.24, 2.45) is 0 Å². The lowest BCUT2D eigenvalue weighted by Crippen LogP contribution is -2.36. The summed E-state index contributed by atoms with van der Waals surface area (Å²) in [5, 5.41) is 8.33. The Morgan fingerprint density at radius 3 is 2.17 bits per heavy atom. The van der Waals surface area contributed by atoms with Gasteiger partial charge >= 0.3 is 0 Å². The van der Waals surface area contributed by atoms with Gasteiger partial charge in [0.25, 0.3) is 5.91 Å². The van der Waals surface area contributed by atoms with Gasteiger partial charge in [0.2, 0.25) is 10.0 Å². The molecule has 1 amide bonds. The second kappa shape index (κ2) is 7.87. The molecule has 7 heteroatoms. The molecule has 0 bridgehead atoms. The minimum atomic E-state index is -3.57. The molecule has 3 N–H and O–H groups in total. The molecule has 0 aliphatic heterocycles. The molecular formula is C16H18N2O4S. The van der Waals surface area contributed by atoms with Crippen LogP contribution in [-0.4, -0.2) is 31.8 Å². The number of carbonyl (C=O) groups excluding carboxylic acids is 1. The zero-order valence-corrected chi connectivity index (χ0v) is 13.2. The number of hydrogen-bond donors (Lipinski definition) is 3. The Labute approximate surface area is 135 Å². The van der Waals surface area contributed by atoms with Gasteiger partial charge in [-0.25, -0.2) is 18.6 Å². The van der Waals surface area contributed by atoms with Crippen LogP contribution in [0.1, 0.15) is 5.56 Å². The lowest BCUT2D eigenvalue weighted by atomic mass is 10.0. The molecule has 0 aliphatic rings. The highest BCUT2D eigenvalue weighted by molar-refractivity contribution is 7.89. The smallest absolute Gasteiger partial charge is 0.258 e. The molecule has 2 rings (SSSR count). The van der Waals surface area contributed by atoms with Crippen molar-refractivity contribution < 1.29 is 18.4 Å². The number of aryl methyl sites for hydroxylation is 1. The molecule has 2 aromatic carbocycles. The molecule has 0 spiro atoms. The Balaban J connectivity index is 1.92. The third-order valence-electron chi connectivity index (χ3n) is 3.30. The molecule has 0 fully saturated rings. The number of hydrogen-bond acceptors (Lipinski definition) is 4. The van der Waals surface area contributed by atoms with Gasteiger partial charge in [-0.3, -0.25) is 10.0 Å². The average Bonchev–Trinajstić information content (AvgIpc) is 2.59. The van der Waals surface area contributed by atoms with Crippen LogP contribution in [0.5, 0.6) is 0 Å². The minimum Gasteiger partial charge on any atom is -0.289 e. The zero-order valence-electron chi connectivity index (χ0n) is 12.4. The number of hydroxylamine groups is 1. The van der Waals surface area contributed by atoms with Gasteiger partial charge < -0.3 is 0 Å². The molecule has 0 saturated heterocycles. The van der Waals surface area contributed by atoms with Crippen molar-refractivity contribution in [2.75, 3.05) is 12.3 Å². The van der Waals surface area contributed by atoms with Gasteiger partial charge in [0.15, 0.2) is 0 Å². The van der Waals surface area contributed by atoms with Gasteiger partial charge in [0, 0.05) is 0 Å². The number of amides is 1. The van der Waals surface area contributed by atoms with Crippen molar-refractivity contribution in [2.45, 2.75) is 6.42 Å². The summed E-state index contributed by atoms with van der Waals surface area (Å²) in [5.41, 5.74) is 4.42.